The Morgan fingerprint density at radius 3 is 1.95 bits per heavy atom. The highest BCUT2D eigenvalue weighted by atomic mass is 19.4. The summed E-state index contributed by atoms with van der Waals surface area (Å²) in [5, 5.41) is 11.7. The first-order chi connectivity index (χ1) is 17.3. The lowest BCUT2D eigenvalue weighted by atomic mass is 10.0. The van der Waals surface area contributed by atoms with Crippen LogP contribution in [0.3, 0.4) is 0 Å². The van der Waals surface area contributed by atoms with E-state index >= 15 is 0 Å². The number of hydrogen-bond acceptors (Lipinski definition) is 3. The molecule has 1 atom stereocenters. The predicted octanol–water partition coefficient (Wildman–Crippen LogP) is 5.66. The van der Waals surface area contributed by atoms with Gasteiger partial charge in [-0.25, -0.2) is 4.79 Å². The molecule has 3 rings (SSSR count). The quantitative estimate of drug-likeness (QED) is 0.354. The number of nitrogens with one attached hydrogen (secondary N) is 1. The molecule has 1 amide bonds. The average Bonchev–Trinajstić information content (AvgIpc) is 2.82. The molecule has 0 bridgehead atoms. The molecule has 2 N–H and O–H groups in total. The van der Waals surface area contributed by atoms with E-state index in [1.165, 1.54) is 0 Å². The zero-order valence-corrected chi connectivity index (χ0v) is 19.1. The molecular weight excluding hydrogens is 504 g/mol. The Morgan fingerprint density at radius 2 is 1.38 bits per heavy atom. The third kappa shape index (κ3) is 8.26. The van der Waals surface area contributed by atoms with Crippen LogP contribution in [-0.4, -0.2) is 23.0 Å². The second kappa shape index (κ2) is 11.4. The Balaban J connectivity index is 1.70. The van der Waals surface area contributed by atoms with Crippen LogP contribution in [0, 0.1) is 0 Å². The molecule has 0 heterocycles. The van der Waals surface area contributed by atoms with Gasteiger partial charge in [-0.1, -0.05) is 42.5 Å². The molecule has 0 saturated carbocycles. The normalized spacial score (nSPS) is 12.6. The van der Waals surface area contributed by atoms with Crippen molar-refractivity contribution in [3.05, 3.63) is 101 Å². The minimum absolute atomic E-state index is 0.0473. The summed E-state index contributed by atoms with van der Waals surface area (Å²) in [4.78, 5) is 24.1. The van der Waals surface area contributed by atoms with Gasteiger partial charge in [0.25, 0.3) is 0 Å². The summed E-state index contributed by atoms with van der Waals surface area (Å²) in [6.07, 6.45) is -11.2. The summed E-state index contributed by atoms with van der Waals surface area (Å²) in [5.74, 6) is -2.03. The largest absolute Gasteiger partial charge is 0.489 e. The van der Waals surface area contributed by atoms with E-state index in [0.29, 0.717) is 23.4 Å². The van der Waals surface area contributed by atoms with Crippen LogP contribution in [0.15, 0.2) is 72.8 Å². The number of rotatable bonds is 9. The number of alkyl halides is 6. The first kappa shape index (κ1) is 27.6. The van der Waals surface area contributed by atoms with Crippen molar-refractivity contribution in [3.63, 3.8) is 0 Å². The molecule has 0 aliphatic carbocycles. The monoisotopic (exact) mass is 525 g/mol. The van der Waals surface area contributed by atoms with E-state index in [-0.39, 0.29) is 19.1 Å². The smallest absolute Gasteiger partial charge is 0.416 e. The van der Waals surface area contributed by atoms with Gasteiger partial charge in [0.1, 0.15) is 18.4 Å². The van der Waals surface area contributed by atoms with Crippen LogP contribution in [0.4, 0.5) is 26.3 Å². The fraction of sp³-hybridized carbons (Fsp3) is 0.231. The predicted molar refractivity (Wildman–Crippen MR) is 121 cm³/mol. The number of halogens is 6. The van der Waals surface area contributed by atoms with Crippen LogP contribution in [0.1, 0.15) is 27.8 Å². The minimum atomic E-state index is -5.07. The molecule has 3 aromatic carbocycles. The van der Waals surface area contributed by atoms with Gasteiger partial charge >= 0.3 is 18.3 Å². The molecule has 0 aliphatic rings. The molecule has 11 heteroatoms. The lowest BCUT2D eigenvalue weighted by Crippen LogP contribution is -2.43. The Kier molecular flexibility index (Phi) is 8.46. The van der Waals surface area contributed by atoms with Gasteiger partial charge < -0.3 is 15.2 Å². The first-order valence-corrected chi connectivity index (χ1v) is 10.9. The molecule has 196 valence electrons. The van der Waals surface area contributed by atoms with Crippen molar-refractivity contribution >= 4 is 11.9 Å². The Morgan fingerprint density at radius 1 is 0.784 bits per heavy atom. The summed E-state index contributed by atoms with van der Waals surface area (Å²) in [5.41, 5.74) is -2.29. The molecular formula is C26H21F6NO4. The maximum Gasteiger partial charge on any atom is 0.416 e. The van der Waals surface area contributed by atoms with Gasteiger partial charge in [-0.2, -0.15) is 26.3 Å². The third-order valence-electron chi connectivity index (χ3n) is 5.23. The molecule has 0 radical (unpaired) electrons. The first-order valence-electron chi connectivity index (χ1n) is 10.9. The number of amides is 1. The van der Waals surface area contributed by atoms with Gasteiger partial charge in [0.2, 0.25) is 5.91 Å². The van der Waals surface area contributed by atoms with Crippen LogP contribution >= 0.6 is 0 Å². The third-order valence-corrected chi connectivity index (χ3v) is 5.23. The summed E-state index contributed by atoms with van der Waals surface area (Å²) < 4.78 is 84.1. The molecule has 0 spiro atoms. The number of carbonyl (C=O) groups excluding carboxylic acids is 1. The standard InChI is InChI=1S/C26H21F6NO4/c27-25(28,29)19-9-18(10-20(14-19)26(30,31)32)13-23(34)33-22(24(35)36)12-17-7-4-8-21(11-17)37-15-16-5-2-1-3-6-16/h1-11,14,22H,12-13,15H2,(H,33,34)(H,35,36)/t22-/m1/s1. The zero-order valence-electron chi connectivity index (χ0n) is 19.1. The lowest BCUT2D eigenvalue weighted by Gasteiger charge is -2.17. The highest BCUT2D eigenvalue weighted by Crippen LogP contribution is 2.36. The number of carboxylic acids is 1. The van der Waals surface area contributed by atoms with E-state index in [2.05, 4.69) is 5.32 Å². The number of benzene rings is 3. The highest BCUT2D eigenvalue weighted by molar-refractivity contribution is 5.85. The second-order valence-corrected chi connectivity index (χ2v) is 8.18. The van der Waals surface area contributed by atoms with Gasteiger partial charge in [-0.15, -0.1) is 0 Å². The van der Waals surface area contributed by atoms with E-state index < -0.39 is 53.4 Å². The molecule has 0 aromatic heterocycles. The molecule has 37 heavy (non-hydrogen) atoms. The maximum absolute atomic E-state index is 13.1. The van der Waals surface area contributed by atoms with Crippen LogP contribution < -0.4 is 10.1 Å². The summed E-state index contributed by atoms with van der Waals surface area (Å²) in [6.45, 7) is 0.264. The van der Waals surface area contributed by atoms with Crippen molar-refractivity contribution < 1.29 is 45.8 Å². The van der Waals surface area contributed by atoms with E-state index in [4.69, 9.17) is 4.74 Å². The number of carbonyl (C=O) groups is 2. The second-order valence-electron chi connectivity index (χ2n) is 8.18. The van der Waals surface area contributed by atoms with Crippen molar-refractivity contribution in [2.45, 2.75) is 37.8 Å². The molecule has 0 saturated heterocycles. The number of carboxylic acid groups (broad SMARTS) is 1. The Bertz CT molecular complexity index is 1210. The fourth-order valence-electron chi connectivity index (χ4n) is 3.49. The van der Waals surface area contributed by atoms with Gasteiger partial charge in [0, 0.05) is 6.42 Å². The minimum Gasteiger partial charge on any atom is -0.489 e. The molecule has 3 aromatic rings. The Hall–Kier alpha value is -4.02. The van der Waals surface area contributed by atoms with Gasteiger partial charge in [0.15, 0.2) is 0 Å². The van der Waals surface area contributed by atoms with Crippen LogP contribution in [-0.2, 0) is 41.4 Å². The molecule has 0 fully saturated rings. The molecule has 5 nitrogen and oxygen atoms in total. The van der Waals surface area contributed by atoms with Gasteiger partial charge in [-0.05, 0) is 47.0 Å². The highest BCUT2D eigenvalue weighted by Gasteiger charge is 2.37. The van der Waals surface area contributed by atoms with Crippen molar-refractivity contribution in [1.82, 2.24) is 5.32 Å². The van der Waals surface area contributed by atoms with Gasteiger partial charge in [0.05, 0.1) is 17.5 Å². The number of ether oxygens (including phenoxy) is 1. The van der Waals surface area contributed by atoms with Crippen molar-refractivity contribution in [2.24, 2.45) is 0 Å². The SMILES string of the molecule is O=C(Cc1cc(C(F)(F)F)cc(C(F)(F)F)c1)N[C@H](Cc1cccc(OCc2ccccc2)c1)C(=O)O. The molecule has 0 unspecified atom stereocenters. The summed E-state index contributed by atoms with van der Waals surface area (Å²) >= 11 is 0. The van der Waals surface area contributed by atoms with Crippen molar-refractivity contribution in [3.8, 4) is 5.75 Å². The maximum atomic E-state index is 13.1. The van der Waals surface area contributed by atoms with Crippen LogP contribution in [0.2, 0.25) is 0 Å². The van der Waals surface area contributed by atoms with Crippen LogP contribution in [0.5, 0.6) is 5.75 Å². The van der Waals surface area contributed by atoms with E-state index in [1.54, 1.807) is 24.3 Å². The average molecular weight is 525 g/mol. The number of aliphatic carboxylic acids is 1. The lowest BCUT2D eigenvalue weighted by molar-refractivity contribution is -0.143. The van der Waals surface area contributed by atoms with E-state index in [9.17, 15) is 41.0 Å². The van der Waals surface area contributed by atoms with E-state index in [1.807, 2.05) is 30.3 Å². The molecule has 0 aliphatic heterocycles. The van der Waals surface area contributed by atoms with Gasteiger partial charge in [-0.3, -0.25) is 4.79 Å². The van der Waals surface area contributed by atoms with Crippen molar-refractivity contribution in [2.75, 3.05) is 0 Å². The Labute approximate surface area is 207 Å². The number of hydrogen-bond donors (Lipinski definition) is 2. The van der Waals surface area contributed by atoms with Crippen molar-refractivity contribution in [1.29, 1.82) is 0 Å². The summed E-state index contributed by atoms with van der Waals surface area (Å²) in [7, 11) is 0. The van der Waals surface area contributed by atoms with E-state index in [0.717, 1.165) is 5.56 Å². The fourth-order valence-corrected chi connectivity index (χ4v) is 3.49. The zero-order chi connectivity index (χ0) is 27.2. The van der Waals surface area contributed by atoms with Crippen LogP contribution in [0.25, 0.3) is 0 Å². The summed E-state index contributed by atoms with van der Waals surface area (Å²) in [6, 6.07) is 15.1. The topological polar surface area (TPSA) is 75.6 Å².